The van der Waals surface area contributed by atoms with Crippen LogP contribution in [0.1, 0.15) is 17.9 Å². The number of rotatable bonds is 2. The Hall–Kier alpha value is -1.75. The van der Waals surface area contributed by atoms with Crippen molar-refractivity contribution in [1.29, 1.82) is 0 Å². The van der Waals surface area contributed by atoms with E-state index < -0.39 is 0 Å². The summed E-state index contributed by atoms with van der Waals surface area (Å²) in [4.78, 5) is 4.35. The van der Waals surface area contributed by atoms with Crippen LogP contribution >= 0.6 is 0 Å². The highest BCUT2D eigenvalue weighted by molar-refractivity contribution is 5.73. The minimum atomic E-state index is 0.672. The number of terminal acetylenes is 1. The van der Waals surface area contributed by atoms with Gasteiger partial charge in [-0.25, -0.2) is 4.98 Å². The topological polar surface area (TPSA) is 26.0 Å². The van der Waals surface area contributed by atoms with E-state index in [4.69, 9.17) is 10.8 Å². The van der Waals surface area contributed by atoms with E-state index in [9.17, 15) is 0 Å². The van der Waals surface area contributed by atoms with Gasteiger partial charge in [-0.05, 0) is 24.6 Å². The van der Waals surface area contributed by atoms with E-state index in [1.165, 1.54) is 5.56 Å². The van der Waals surface area contributed by atoms with Crippen LogP contribution in [0, 0.1) is 19.3 Å². The first kappa shape index (κ1) is 8.83. The van der Waals surface area contributed by atoms with Gasteiger partial charge in [-0.15, -0.1) is 12.3 Å². The maximum absolute atomic E-state index is 5.52. The van der Waals surface area contributed by atoms with Crippen LogP contribution in [0.25, 0.3) is 11.1 Å². The number of hydrogen-bond acceptors (Lipinski definition) is 2. The number of fused-ring (bicyclic) bond motifs is 1. The van der Waals surface area contributed by atoms with Crippen molar-refractivity contribution in [2.24, 2.45) is 0 Å². The molecule has 0 amide bonds. The van der Waals surface area contributed by atoms with E-state index in [0.29, 0.717) is 12.8 Å². The van der Waals surface area contributed by atoms with Crippen molar-refractivity contribution in [3.63, 3.8) is 0 Å². The highest BCUT2D eigenvalue weighted by Crippen LogP contribution is 2.17. The Morgan fingerprint density at radius 3 is 3.14 bits per heavy atom. The molecule has 0 atom stereocenters. The number of aromatic nitrogens is 1. The second-order valence-electron chi connectivity index (χ2n) is 3.28. The number of aryl methyl sites for hydroxylation is 2. The van der Waals surface area contributed by atoms with Gasteiger partial charge in [0.25, 0.3) is 0 Å². The molecule has 0 saturated carbocycles. The SMILES string of the molecule is C#CCCc1nc2cc(C)ccc2o1. The molecule has 1 heterocycles. The summed E-state index contributed by atoms with van der Waals surface area (Å²) in [5, 5.41) is 0. The maximum Gasteiger partial charge on any atom is 0.196 e. The molecule has 2 aromatic rings. The van der Waals surface area contributed by atoms with Crippen molar-refractivity contribution >= 4 is 11.1 Å². The average molecular weight is 185 g/mol. The Bertz CT molecular complexity index is 490. The fraction of sp³-hybridized carbons (Fsp3) is 0.250. The molecule has 1 aromatic carbocycles. The van der Waals surface area contributed by atoms with Crippen LogP contribution < -0.4 is 0 Å². The predicted molar refractivity (Wildman–Crippen MR) is 55.9 cm³/mol. The van der Waals surface area contributed by atoms with Crippen molar-refractivity contribution in [1.82, 2.24) is 4.98 Å². The van der Waals surface area contributed by atoms with Crippen LogP contribution in [0.4, 0.5) is 0 Å². The Balaban J connectivity index is 2.37. The third-order valence-electron chi connectivity index (χ3n) is 2.07. The smallest absolute Gasteiger partial charge is 0.196 e. The molecule has 0 aliphatic rings. The summed E-state index contributed by atoms with van der Waals surface area (Å²) in [7, 11) is 0. The molecule has 0 fully saturated rings. The van der Waals surface area contributed by atoms with E-state index in [2.05, 4.69) is 10.9 Å². The summed E-state index contributed by atoms with van der Waals surface area (Å²) in [6.45, 7) is 2.04. The molecule has 1 aromatic heterocycles. The lowest BCUT2D eigenvalue weighted by molar-refractivity contribution is 0.531. The fourth-order valence-corrected chi connectivity index (χ4v) is 1.37. The second kappa shape index (κ2) is 3.55. The van der Waals surface area contributed by atoms with Crippen molar-refractivity contribution < 1.29 is 4.42 Å². The van der Waals surface area contributed by atoms with Crippen LogP contribution in [-0.4, -0.2) is 4.98 Å². The van der Waals surface area contributed by atoms with Crippen molar-refractivity contribution in [2.45, 2.75) is 19.8 Å². The predicted octanol–water partition coefficient (Wildman–Crippen LogP) is 2.70. The van der Waals surface area contributed by atoms with Crippen LogP contribution in [0.5, 0.6) is 0 Å². The van der Waals surface area contributed by atoms with Gasteiger partial charge in [-0.3, -0.25) is 0 Å². The zero-order valence-corrected chi connectivity index (χ0v) is 8.08. The average Bonchev–Trinajstić information content (AvgIpc) is 2.56. The third-order valence-corrected chi connectivity index (χ3v) is 2.07. The van der Waals surface area contributed by atoms with E-state index in [1.807, 2.05) is 25.1 Å². The highest BCUT2D eigenvalue weighted by atomic mass is 16.3. The molecule has 70 valence electrons. The second-order valence-corrected chi connectivity index (χ2v) is 3.28. The van der Waals surface area contributed by atoms with Gasteiger partial charge in [0.05, 0.1) is 0 Å². The Morgan fingerprint density at radius 1 is 1.50 bits per heavy atom. The molecule has 0 aliphatic carbocycles. The van der Waals surface area contributed by atoms with Gasteiger partial charge < -0.3 is 4.42 Å². The van der Waals surface area contributed by atoms with Crippen LogP contribution in [0.3, 0.4) is 0 Å². The Kier molecular flexibility index (Phi) is 2.24. The molecule has 14 heavy (non-hydrogen) atoms. The first-order valence-electron chi connectivity index (χ1n) is 4.59. The molecule has 0 N–H and O–H groups in total. The standard InChI is InChI=1S/C12H11NO/c1-3-4-5-12-13-10-8-9(2)6-7-11(10)14-12/h1,6-8H,4-5H2,2H3. The van der Waals surface area contributed by atoms with Crippen molar-refractivity contribution in [3.05, 3.63) is 29.7 Å². The van der Waals surface area contributed by atoms with Crippen LogP contribution in [0.15, 0.2) is 22.6 Å². The quantitative estimate of drug-likeness (QED) is 0.672. The van der Waals surface area contributed by atoms with Gasteiger partial charge in [-0.2, -0.15) is 0 Å². The van der Waals surface area contributed by atoms with Crippen LogP contribution in [0.2, 0.25) is 0 Å². The van der Waals surface area contributed by atoms with Gasteiger partial charge in [0.15, 0.2) is 11.5 Å². The lowest BCUT2D eigenvalue weighted by atomic mass is 10.2. The molecule has 0 bridgehead atoms. The molecule has 2 rings (SSSR count). The van der Waals surface area contributed by atoms with Gasteiger partial charge >= 0.3 is 0 Å². The van der Waals surface area contributed by atoms with E-state index in [0.717, 1.165) is 17.0 Å². The first-order chi connectivity index (χ1) is 6.79. The highest BCUT2D eigenvalue weighted by Gasteiger charge is 2.04. The monoisotopic (exact) mass is 185 g/mol. The molecule has 2 nitrogen and oxygen atoms in total. The summed E-state index contributed by atoms with van der Waals surface area (Å²) in [6.07, 6.45) is 6.56. The Labute approximate surface area is 83.0 Å². The number of benzene rings is 1. The molecular formula is C12H11NO. The lowest BCUT2D eigenvalue weighted by Crippen LogP contribution is -1.81. The van der Waals surface area contributed by atoms with Gasteiger partial charge in [0.1, 0.15) is 5.52 Å². The molecule has 2 heteroatoms. The number of oxazole rings is 1. The summed E-state index contributed by atoms with van der Waals surface area (Å²) in [5.74, 6) is 3.30. The molecule has 0 aliphatic heterocycles. The number of nitrogens with zero attached hydrogens (tertiary/aromatic N) is 1. The van der Waals surface area contributed by atoms with Gasteiger partial charge in [0.2, 0.25) is 0 Å². The largest absolute Gasteiger partial charge is 0.441 e. The first-order valence-corrected chi connectivity index (χ1v) is 4.59. The number of hydrogen-bond donors (Lipinski definition) is 0. The molecule has 0 unspecified atom stereocenters. The lowest BCUT2D eigenvalue weighted by Gasteiger charge is -1.87. The zero-order valence-electron chi connectivity index (χ0n) is 8.08. The molecular weight excluding hydrogens is 174 g/mol. The molecule has 0 saturated heterocycles. The van der Waals surface area contributed by atoms with E-state index in [1.54, 1.807) is 0 Å². The van der Waals surface area contributed by atoms with E-state index in [-0.39, 0.29) is 0 Å². The van der Waals surface area contributed by atoms with Gasteiger partial charge in [-0.1, -0.05) is 6.07 Å². The van der Waals surface area contributed by atoms with Gasteiger partial charge in [0, 0.05) is 12.8 Å². The fourth-order valence-electron chi connectivity index (χ4n) is 1.37. The Morgan fingerprint density at radius 2 is 2.36 bits per heavy atom. The molecule has 0 spiro atoms. The molecule has 0 radical (unpaired) electrons. The van der Waals surface area contributed by atoms with Crippen molar-refractivity contribution in [3.8, 4) is 12.3 Å². The summed E-state index contributed by atoms with van der Waals surface area (Å²) >= 11 is 0. The van der Waals surface area contributed by atoms with E-state index >= 15 is 0 Å². The zero-order chi connectivity index (χ0) is 9.97. The summed E-state index contributed by atoms with van der Waals surface area (Å²) < 4.78 is 5.52. The minimum absolute atomic E-state index is 0.672. The van der Waals surface area contributed by atoms with Crippen molar-refractivity contribution in [2.75, 3.05) is 0 Å². The van der Waals surface area contributed by atoms with Crippen LogP contribution in [-0.2, 0) is 6.42 Å². The maximum atomic E-state index is 5.52. The normalized spacial score (nSPS) is 10.3. The summed E-state index contributed by atoms with van der Waals surface area (Å²) in [6, 6.07) is 5.97. The third kappa shape index (κ3) is 1.62. The summed E-state index contributed by atoms with van der Waals surface area (Å²) in [5.41, 5.74) is 2.94. The minimum Gasteiger partial charge on any atom is -0.441 e.